The van der Waals surface area contributed by atoms with Crippen LogP contribution in [-0.2, 0) is 17.8 Å². The zero-order chi connectivity index (χ0) is 20.6. The first-order chi connectivity index (χ1) is 14.0. The summed E-state index contributed by atoms with van der Waals surface area (Å²) in [5.74, 6) is 0.0337. The lowest BCUT2D eigenvalue weighted by atomic mass is 10.1. The predicted octanol–water partition coefficient (Wildman–Crippen LogP) is 2.00. The number of aliphatic hydroxyl groups is 1. The molecular weight excluding hydrogens is 392 g/mol. The largest absolute Gasteiger partial charge is 0.395 e. The second kappa shape index (κ2) is 10.2. The van der Waals surface area contributed by atoms with Crippen molar-refractivity contribution >= 4 is 29.2 Å². The number of nitrogens with one attached hydrogen (secondary N) is 3. The van der Waals surface area contributed by atoms with Crippen LogP contribution in [0.4, 0.5) is 10.5 Å². The van der Waals surface area contributed by atoms with E-state index in [-0.39, 0.29) is 24.6 Å². The number of carbonyl (C=O) groups is 2. The lowest BCUT2D eigenvalue weighted by Gasteiger charge is -2.32. The van der Waals surface area contributed by atoms with Crippen molar-refractivity contribution in [1.29, 1.82) is 0 Å². The van der Waals surface area contributed by atoms with Gasteiger partial charge in [0.15, 0.2) is 0 Å². The smallest absolute Gasteiger partial charge is 0.319 e. The fourth-order valence-electron chi connectivity index (χ4n) is 3.13. The van der Waals surface area contributed by atoms with Crippen LogP contribution in [0.25, 0.3) is 0 Å². The highest BCUT2D eigenvalue weighted by Gasteiger charge is 2.22. The molecule has 2 aromatic rings. The Kier molecular flexibility index (Phi) is 7.46. The Morgan fingerprint density at radius 2 is 1.79 bits per heavy atom. The highest BCUT2D eigenvalue weighted by molar-refractivity contribution is 6.30. The van der Waals surface area contributed by atoms with Gasteiger partial charge in [0, 0.05) is 42.9 Å². The third kappa shape index (κ3) is 6.45. The number of aliphatic hydroxyl groups excluding tert-OH is 1. The van der Waals surface area contributed by atoms with Crippen LogP contribution in [0.5, 0.6) is 0 Å². The SMILES string of the molecule is O=C(NCc1ccc(Cl)cc1)Nc1ccc(CC(=O)N2CCN[C@H](CO)C2)cc1. The molecule has 4 N–H and O–H groups in total. The molecule has 1 heterocycles. The van der Waals surface area contributed by atoms with E-state index in [0.29, 0.717) is 43.3 Å². The molecule has 0 unspecified atom stereocenters. The number of benzene rings is 2. The summed E-state index contributed by atoms with van der Waals surface area (Å²) >= 11 is 5.85. The maximum atomic E-state index is 12.5. The van der Waals surface area contributed by atoms with Crippen LogP contribution < -0.4 is 16.0 Å². The van der Waals surface area contributed by atoms with Gasteiger partial charge in [0.1, 0.15) is 0 Å². The van der Waals surface area contributed by atoms with Gasteiger partial charge in [-0.3, -0.25) is 4.79 Å². The molecule has 1 atom stereocenters. The van der Waals surface area contributed by atoms with Crippen molar-refractivity contribution in [3.8, 4) is 0 Å². The third-order valence-electron chi connectivity index (χ3n) is 4.76. The number of rotatable bonds is 6. The average molecular weight is 417 g/mol. The molecule has 29 heavy (non-hydrogen) atoms. The van der Waals surface area contributed by atoms with Crippen molar-refractivity contribution in [2.24, 2.45) is 0 Å². The first-order valence-electron chi connectivity index (χ1n) is 9.54. The Balaban J connectivity index is 1.46. The number of anilines is 1. The Morgan fingerprint density at radius 3 is 2.48 bits per heavy atom. The molecule has 1 aliphatic heterocycles. The fourth-order valence-corrected chi connectivity index (χ4v) is 3.25. The van der Waals surface area contributed by atoms with Crippen LogP contribution in [0.15, 0.2) is 48.5 Å². The summed E-state index contributed by atoms with van der Waals surface area (Å²) in [6.07, 6.45) is 0.293. The normalized spacial score (nSPS) is 16.3. The van der Waals surface area contributed by atoms with E-state index in [0.717, 1.165) is 11.1 Å². The van der Waals surface area contributed by atoms with Gasteiger partial charge in [0.2, 0.25) is 5.91 Å². The van der Waals surface area contributed by atoms with E-state index in [1.807, 2.05) is 24.3 Å². The number of halogens is 1. The molecule has 1 fully saturated rings. The predicted molar refractivity (Wildman–Crippen MR) is 113 cm³/mol. The summed E-state index contributed by atoms with van der Waals surface area (Å²) in [6, 6.07) is 14.1. The summed E-state index contributed by atoms with van der Waals surface area (Å²) in [6.45, 7) is 2.26. The zero-order valence-corrected chi connectivity index (χ0v) is 16.8. The van der Waals surface area contributed by atoms with E-state index in [1.54, 1.807) is 29.2 Å². The molecule has 0 bridgehead atoms. The summed E-state index contributed by atoms with van der Waals surface area (Å²) in [4.78, 5) is 26.3. The number of amides is 3. The number of piperazine rings is 1. The van der Waals surface area contributed by atoms with Crippen LogP contribution >= 0.6 is 11.6 Å². The standard InChI is InChI=1S/C21H25ClN4O3/c22-17-5-1-16(2-6-17)12-24-21(29)25-18-7-3-15(4-8-18)11-20(28)26-10-9-23-19(13-26)14-27/h1-8,19,23,27H,9-14H2,(H2,24,25,29)/t19-/m0/s1. The maximum Gasteiger partial charge on any atom is 0.319 e. The van der Waals surface area contributed by atoms with Gasteiger partial charge < -0.3 is 26.0 Å². The molecule has 1 aliphatic rings. The molecule has 0 aromatic heterocycles. The molecule has 1 saturated heterocycles. The van der Waals surface area contributed by atoms with E-state index < -0.39 is 0 Å². The molecule has 0 spiro atoms. The molecular formula is C21H25ClN4O3. The van der Waals surface area contributed by atoms with Crippen LogP contribution in [-0.4, -0.2) is 54.2 Å². The third-order valence-corrected chi connectivity index (χ3v) is 5.01. The van der Waals surface area contributed by atoms with Crippen LogP contribution in [0.2, 0.25) is 5.02 Å². The minimum atomic E-state index is -0.306. The number of hydrogen-bond donors (Lipinski definition) is 4. The van der Waals surface area contributed by atoms with Crippen LogP contribution in [0.1, 0.15) is 11.1 Å². The Morgan fingerprint density at radius 1 is 1.10 bits per heavy atom. The quantitative estimate of drug-likeness (QED) is 0.579. The lowest BCUT2D eigenvalue weighted by molar-refractivity contribution is -0.131. The van der Waals surface area contributed by atoms with E-state index in [9.17, 15) is 14.7 Å². The maximum absolute atomic E-state index is 12.5. The topological polar surface area (TPSA) is 93.7 Å². The zero-order valence-electron chi connectivity index (χ0n) is 16.0. The number of hydrogen-bond acceptors (Lipinski definition) is 4. The number of carbonyl (C=O) groups excluding carboxylic acids is 2. The van der Waals surface area contributed by atoms with Gasteiger partial charge in [-0.05, 0) is 35.4 Å². The Bertz CT molecular complexity index is 827. The Hall–Kier alpha value is -2.61. The van der Waals surface area contributed by atoms with Crippen molar-refractivity contribution in [3.05, 3.63) is 64.7 Å². The minimum Gasteiger partial charge on any atom is -0.395 e. The monoisotopic (exact) mass is 416 g/mol. The van der Waals surface area contributed by atoms with Gasteiger partial charge in [-0.15, -0.1) is 0 Å². The molecule has 0 radical (unpaired) electrons. The van der Waals surface area contributed by atoms with Gasteiger partial charge in [0.05, 0.1) is 13.0 Å². The van der Waals surface area contributed by atoms with Gasteiger partial charge in [0.25, 0.3) is 0 Å². The summed E-state index contributed by atoms with van der Waals surface area (Å²) in [7, 11) is 0. The lowest BCUT2D eigenvalue weighted by Crippen LogP contribution is -2.54. The molecule has 3 rings (SSSR count). The van der Waals surface area contributed by atoms with Crippen molar-refractivity contribution in [2.45, 2.75) is 19.0 Å². The second-order valence-corrected chi connectivity index (χ2v) is 7.42. The highest BCUT2D eigenvalue weighted by atomic mass is 35.5. The Labute approximate surface area is 175 Å². The fraction of sp³-hybridized carbons (Fsp3) is 0.333. The van der Waals surface area contributed by atoms with Crippen molar-refractivity contribution < 1.29 is 14.7 Å². The summed E-state index contributed by atoms with van der Waals surface area (Å²) < 4.78 is 0. The van der Waals surface area contributed by atoms with Gasteiger partial charge in [-0.25, -0.2) is 4.79 Å². The van der Waals surface area contributed by atoms with Crippen molar-refractivity contribution in [2.75, 3.05) is 31.6 Å². The minimum absolute atomic E-state index is 0.0181. The molecule has 8 heteroatoms. The van der Waals surface area contributed by atoms with Gasteiger partial charge in [-0.2, -0.15) is 0 Å². The van der Waals surface area contributed by atoms with E-state index in [4.69, 9.17) is 11.6 Å². The molecule has 2 aromatic carbocycles. The molecule has 7 nitrogen and oxygen atoms in total. The molecule has 0 saturated carbocycles. The molecule has 3 amide bonds. The van der Waals surface area contributed by atoms with Crippen LogP contribution in [0, 0.1) is 0 Å². The number of urea groups is 1. The summed E-state index contributed by atoms with van der Waals surface area (Å²) in [5.41, 5.74) is 2.48. The second-order valence-electron chi connectivity index (χ2n) is 6.98. The number of nitrogens with zero attached hydrogens (tertiary/aromatic N) is 1. The molecule has 0 aliphatic carbocycles. The van der Waals surface area contributed by atoms with Gasteiger partial charge >= 0.3 is 6.03 Å². The van der Waals surface area contributed by atoms with E-state index in [2.05, 4.69) is 16.0 Å². The molecule has 154 valence electrons. The first-order valence-corrected chi connectivity index (χ1v) is 9.91. The summed E-state index contributed by atoms with van der Waals surface area (Å²) in [5, 5.41) is 18.6. The highest BCUT2D eigenvalue weighted by Crippen LogP contribution is 2.12. The van der Waals surface area contributed by atoms with E-state index in [1.165, 1.54) is 0 Å². The average Bonchev–Trinajstić information content (AvgIpc) is 2.74. The van der Waals surface area contributed by atoms with Crippen molar-refractivity contribution in [3.63, 3.8) is 0 Å². The first kappa shape index (κ1) is 21.1. The van der Waals surface area contributed by atoms with E-state index >= 15 is 0 Å². The van der Waals surface area contributed by atoms with Gasteiger partial charge in [-0.1, -0.05) is 35.9 Å². The van der Waals surface area contributed by atoms with Crippen molar-refractivity contribution in [1.82, 2.24) is 15.5 Å². The van der Waals surface area contributed by atoms with Crippen LogP contribution in [0.3, 0.4) is 0 Å².